The van der Waals surface area contributed by atoms with Crippen LogP contribution in [0.2, 0.25) is 5.02 Å². The standard InChI is InChI=1S/C16H22ClNO3/c1-12(21-14-8-4-3-7-13(14)17)15(20)18-16(11-19)9-5-2-6-10-16/h3-4,7-8,12,19H,2,5-6,9-11H2,1H3,(H,18,20). The van der Waals surface area contributed by atoms with E-state index in [9.17, 15) is 9.90 Å². The van der Waals surface area contributed by atoms with Crippen LogP contribution in [0.25, 0.3) is 0 Å². The predicted octanol–water partition coefficient (Wildman–Crippen LogP) is 2.92. The number of carbonyl (C=O) groups is 1. The third-order valence-corrected chi connectivity index (χ3v) is 4.32. The lowest BCUT2D eigenvalue weighted by Crippen LogP contribution is -2.55. The summed E-state index contributed by atoms with van der Waals surface area (Å²) in [6, 6.07) is 7.07. The van der Waals surface area contributed by atoms with E-state index in [2.05, 4.69) is 5.32 Å². The maximum absolute atomic E-state index is 12.3. The summed E-state index contributed by atoms with van der Waals surface area (Å²) in [4.78, 5) is 12.3. The number of aliphatic hydroxyl groups excluding tert-OH is 1. The SMILES string of the molecule is CC(Oc1ccccc1Cl)C(=O)NC1(CO)CCCCC1. The summed E-state index contributed by atoms with van der Waals surface area (Å²) < 4.78 is 5.61. The Hall–Kier alpha value is -1.26. The number of para-hydroxylation sites is 1. The molecule has 5 heteroatoms. The van der Waals surface area contributed by atoms with Gasteiger partial charge in [0, 0.05) is 0 Å². The molecule has 116 valence electrons. The number of hydrogen-bond acceptors (Lipinski definition) is 3. The summed E-state index contributed by atoms with van der Waals surface area (Å²) in [7, 11) is 0. The van der Waals surface area contributed by atoms with E-state index in [4.69, 9.17) is 16.3 Å². The molecule has 0 aliphatic heterocycles. The molecule has 0 aromatic heterocycles. The van der Waals surface area contributed by atoms with Crippen molar-refractivity contribution in [2.75, 3.05) is 6.61 Å². The van der Waals surface area contributed by atoms with Gasteiger partial charge < -0.3 is 15.2 Å². The molecule has 4 nitrogen and oxygen atoms in total. The lowest BCUT2D eigenvalue weighted by Gasteiger charge is -2.37. The molecular formula is C16H22ClNO3. The van der Waals surface area contributed by atoms with Crippen LogP contribution in [-0.4, -0.2) is 29.3 Å². The zero-order valence-corrected chi connectivity index (χ0v) is 13.0. The fourth-order valence-corrected chi connectivity index (χ4v) is 2.88. The van der Waals surface area contributed by atoms with Crippen LogP contribution in [0.4, 0.5) is 0 Å². The zero-order valence-electron chi connectivity index (χ0n) is 12.3. The second kappa shape index (κ2) is 7.14. The van der Waals surface area contributed by atoms with E-state index in [0.29, 0.717) is 10.8 Å². The van der Waals surface area contributed by atoms with Crippen LogP contribution in [-0.2, 0) is 4.79 Å². The molecule has 0 bridgehead atoms. The molecule has 1 saturated carbocycles. The molecule has 1 fully saturated rings. The van der Waals surface area contributed by atoms with Crippen LogP contribution in [0.15, 0.2) is 24.3 Å². The summed E-state index contributed by atoms with van der Waals surface area (Å²) in [6.45, 7) is 1.66. The Bertz CT molecular complexity index is 486. The van der Waals surface area contributed by atoms with E-state index in [0.717, 1.165) is 32.1 Å². The number of halogens is 1. The Kier molecular flexibility index (Phi) is 5.48. The highest BCUT2D eigenvalue weighted by molar-refractivity contribution is 6.32. The lowest BCUT2D eigenvalue weighted by molar-refractivity contribution is -0.130. The normalized spacial score (nSPS) is 18.8. The van der Waals surface area contributed by atoms with E-state index >= 15 is 0 Å². The second-order valence-electron chi connectivity index (χ2n) is 5.68. The van der Waals surface area contributed by atoms with Crippen molar-refractivity contribution in [3.63, 3.8) is 0 Å². The highest BCUT2D eigenvalue weighted by Gasteiger charge is 2.34. The van der Waals surface area contributed by atoms with E-state index < -0.39 is 11.6 Å². The lowest BCUT2D eigenvalue weighted by atomic mass is 9.82. The molecule has 0 spiro atoms. The quantitative estimate of drug-likeness (QED) is 0.879. The van der Waals surface area contributed by atoms with Crippen molar-refractivity contribution in [2.45, 2.75) is 50.7 Å². The van der Waals surface area contributed by atoms with Gasteiger partial charge in [-0.3, -0.25) is 4.79 Å². The molecule has 1 aromatic rings. The van der Waals surface area contributed by atoms with Gasteiger partial charge in [0.1, 0.15) is 5.75 Å². The Morgan fingerprint density at radius 2 is 2.05 bits per heavy atom. The maximum Gasteiger partial charge on any atom is 0.261 e. The molecule has 1 aromatic carbocycles. The van der Waals surface area contributed by atoms with Crippen molar-refractivity contribution in [3.8, 4) is 5.75 Å². The first-order valence-corrected chi connectivity index (χ1v) is 7.78. The van der Waals surface area contributed by atoms with Gasteiger partial charge in [0.15, 0.2) is 6.10 Å². The van der Waals surface area contributed by atoms with Crippen molar-refractivity contribution in [1.82, 2.24) is 5.32 Å². The van der Waals surface area contributed by atoms with Crippen molar-refractivity contribution >= 4 is 17.5 Å². The third kappa shape index (κ3) is 4.11. The van der Waals surface area contributed by atoms with Gasteiger partial charge in [-0.1, -0.05) is 43.0 Å². The van der Waals surface area contributed by atoms with Gasteiger partial charge in [-0.15, -0.1) is 0 Å². The fraction of sp³-hybridized carbons (Fsp3) is 0.562. The number of ether oxygens (including phenoxy) is 1. The van der Waals surface area contributed by atoms with Gasteiger partial charge in [0.05, 0.1) is 17.2 Å². The largest absolute Gasteiger partial charge is 0.479 e. The number of nitrogens with one attached hydrogen (secondary N) is 1. The van der Waals surface area contributed by atoms with Crippen molar-refractivity contribution in [2.24, 2.45) is 0 Å². The molecule has 2 N–H and O–H groups in total. The average Bonchev–Trinajstić information content (AvgIpc) is 2.50. The fourth-order valence-electron chi connectivity index (χ4n) is 2.70. The molecule has 0 radical (unpaired) electrons. The maximum atomic E-state index is 12.3. The number of rotatable bonds is 5. The number of aliphatic hydroxyl groups is 1. The molecule has 1 aliphatic rings. The first-order valence-electron chi connectivity index (χ1n) is 7.40. The van der Waals surface area contributed by atoms with E-state index in [-0.39, 0.29) is 12.5 Å². The minimum atomic E-state index is -0.657. The summed E-state index contributed by atoms with van der Waals surface area (Å²) in [5.41, 5.74) is -0.493. The van der Waals surface area contributed by atoms with Gasteiger partial charge in [-0.25, -0.2) is 0 Å². The Morgan fingerprint density at radius 3 is 2.67 bits per heavy atom. The Morgan fingerprint density at radius 1 is 1.38 bits per heavy atom. The number of carbonyl (C=O) groups excluding carboxylic acids is 1. The van der Waals surface area contributed by atoms with Gasteiger partial charge in [0.2, 0.25) is 0 Å². The van der Waals surface area contributed by atoms with Gasteiger partial charge in [-0.05, 0) is 31.9 Å². The topological polar surface area (TPSA) is 58.6 Å². The first-order chi connectivity index (χ1) is 10.1. The molecule has 1 amide bonds. The van der Waals surface area contributed by atoms with E-state index in [1.54, 1.807) is 19.1 Å². The van der Waals surface area contributed by atoms with Crippen LogP contribution < -0.4 is 10.1 Å². The Balaban J connectivity index is 1.97. The summed E-state index contributed by atoms with van der Waals surface area (Å²) in [5, 5.41) is 13.1. The molecule has 1 unspecified atom stereocenters. The molecule has 1 aliphatic carbocycles. The molecule has 1 atom stereocenters. The molecular weight excluding hydrogens is 290 g/mol. The highest BCUT2D eigenvalue weighted by Crippen LogP contribution is 2.28. The van der Waals surface area contributed by atoms with Crippen molar-refractivity contribution in [3.05, 3.63) is 29.3 Å². The molecule has 0 heterocycles. The van der Waals surface area contributed by atoms with Crippen LogP contribution in [0.1, 0.15) is 39.0 Å². The third-order valence-electron chi connectivity index (χ3n) is 4.01. The smallest absolute Gasteiger partial charge is 0.261 e. The second-order valence-corrected chi connectivity index (χ2v) is 6.09. The first kappa shape index (κ1) is 16.1. The number of hydrogen-bond donors (Lipinski definition) is 2. The van der Waals surface area contributed by atoms with Crippen LogP contribution in [0.3, 0.4) is 0 Å². The van der Waals surface area contributed by atoms with Crippen molar-refractivity contribution < 1.29 is 14.6 Å². The minimum Gasteiger partial charge on any atom is -0.479 e. The van der Waals surface area contributed by atoms with E-state index in [1.165, 1.54) is 0 Å². The summed E-state index contributed by atoms with van der Waals surface area (Å²) >= 11 is 6.02. The average molecular weight is 312 g/mol. The highest BCUT2D eigenvalue weighted by atomic mass is 35.5. The van der Waals surface area contributed by atoms with Gasteiger partial charge >= 0.3 is 0 Å². The number of amides is 1. The van der Waals surface area contributed by atoms with Crippen LogP contribution in [0.5, 0.6) is 5.75 Å². The molecule has 21 heavy (non-hydrogen) atoms. The minimum absolute atomic E-state index is 0.0302. The van der Waals surface area contributed by atoms with Crippen molar-refractivity contribution in [1.29, 1.82) is 0 Å². The summed E-state index contributed by atoms with van der Waals surface area (Å²) in [5.74, 6) is 0.273. The van der Waals surface area contributed by atoms with E-state index in [1.807, 2.05) is 12.1 Å². The summed E-state index contributed by atoms with van der Waals surface area (Å²) in [6.07, 6.45) is 4.18. The number of benzene rings is 1. The molecule has 0 saturated heterocycles. The van der Waals surface area contributed by atoms with Gasteiger partial charge in [-0.2, -0.15) is 0 Å². The monoisotopic (exact) mass is 311 g/mol. The Labute approximate surface area is 130 Å². The molecule has 2 rings (SSSR count). The van der Waals surface area contributed by atoms with Gasteiger partial charge in [0.25, 0.3) is 5.91 Å². The predicted molar refractivity (Wildman–Crippen MR) is 82.6 cm³/mol. The van der Waals surface area contributed by atoms with Crippen LogP contribution in [0, 0.1) is 0 Å². The van der Waals surface area contributed by atoms with Crippen LogP contribution >= 0.6 is 11.6 Å². The zero-order chi connectivity index (χ0) is 15.3.